The molecule has 1 aromatic heterocycles. The first-order chi connectivity index (χ1) is 11.7. The maximum Gasteiger partial charge on any atom is 0.161 e. The molecule has 5 heteroatoms. The number of aryl methyl sites for hydroxylation is 1. The van der Waals surface area contributed by atoms with Crippen molar-refractivity contribution in [2.75, 3.05) is 14.2 Å². The molecule has 0 radical (unpaired) electrons. The number of hydrogen-bond donors (Lipinski definition) is 0. The Bertz CT molecular complexity index is 762. The highest BCUT2D eigenvalue weighted by Crippen LogP contribution is 2.44. The standard InChI is InChI=1S/C19H23N3O2/c1-12-20-10-15-16(21-12)9-14-5-6-17(15)22(14)11-13-4-7-18(23-2)19(8-13)24-3/h4,7-8,10,14,17H,5-6,9,11H2,1-3H3/t14-,17+/m1/s1. The molecule has 24 heavy (non-hydrogen) atoms. The van der Waals surface area contributed by atoms with Crippen LogP contribution in [-0.2, 0) is 13.0 Å². The third-order valence-electron chi connectivity index (χ3n) is 5.26. The lowest BCUT2D eigenvalue weighted by atomic mass is 9.98. The van der Waals surface area contributed by atoms with E-state index in [0.29, 0.717) is 12.1 Å². The SMILES string of the molecule is COc1ccc(CN2[C@@H]3CC[C@H]2c2cnc(C)nc2C3)cc1OC. The Morgan fingerprint density at radius 3 is 2.79 bits per heavy atom. The van der Waals surface area contributed by atoms with E-state index in [4.69, 9.17) is 9.47 Å². The third-order valence-corrected chi connectivity index (χ3v) is 5.26. The highest BCUT2D eigenvalue weighted by molar-refractivity contribution is 5.43. The zero-order valence-electron chi connectivity index (χ0n) is 14.5. The molecule has 1 fully saturated rings. The van der Waals surface area contributed by atoms with Gasteiger partial charge in [-0.3, -0.25) is 4.90 Å². The fourth-order valence-electron chi connectivity index (χ4n) is 4.11. The molecule has 0 saturated carbocycles. The van der Waals surface area contributed by atoms with Crippen LogP contribution in [0.5, 0.6) is 11.5 Å². The van der Waals surface area contributed by atoms with E-state index in [-0.39, 0.29) is 0 Å². The molecule has 2 aliphatic heterocycles. The first-order valence-corrected chi connectivity index (χ1v) is 8.48. The van der Waals surface area contributed by atoms with Crippen LogP contribution in [-0.4, -0.2) is 35.1 Å². The number of nitrogens with zero attached hydrogens (tertiary/aromatic N) is 3. The van der Waals surface area contributed by atoms with Gasteiger partial charge >= 0.3 is 0 Å². The molecule has 2 atom stereocenters. The number of aromatic nitrogens is 2. The number of fused-ring (bicyclic) bond motifs is 4. The smallest absolute Gasteiger partial charge is 0.161 e. The summed E-state index contributed by atoms with van der Waals surface area (Å²) in [6.07, 6.45) is 5.48. The molecule has 0 amide bonds. The molecule has 0 spiro atoms. The van der Waals surface area contributed by atoms with Gasteiger partial charge in [-0.1, -0.05) is 6.07 Å². The predicted molar refractivity (Wildman–Crippen MR) is 91.3 cm³/mol. The van der Waals surface area contributed by atoms with Gasteiger partial charge in [-0.2, -0.15) is 0 Å². The zero-order valence-corrected chi connectivity index (χ0v) is 14.5. The summed E-state index contributed by atoms with van der Waals surface area (Å²) in [6.45, 7) is 2.89. The second kappa shape index (κ2) is 6.06. The molecule has 1 saturated heterocycles. The molecule has 4 rings (SSSR count). The molecular weight excluding hydrogens is 302 g/mol. The van der Waals surface area contributed by atoms with E-state index < -0.39 is 0 Å². The van der Waals surface area contributed by atoms with Crippen molar-refractivity contribution >= 4 is 0 Å². The Morgan fingerprint density at radius 2 is 2.00 bits per heavy atom. The minimum absolute atomic E-state index is 0.437. The molecule has 1 aromatic carbocycles. The summed E-state index contributed by atoms with van der Waals surface area (Å²) in [7, 11) is 3.35. The van der Waals surface area contributed by atoms with E-state index in [2.05, 4.69) is 27.0 Å². The first-order valence-electron chi connectivity index (χ1n) is 8.48. The molecule has 0 unspecified atom stereocenters. The van der Waals surface area contributed by atoms with Crippen LogP contribution in [0.15, 0.2) is 24.4 Å². The highest BCUT2D eigenvalue weighted by Gasteiger charge is 2.40. The van der Waals surface area contributed by atoms with Crippen molar-refractivity contribution in [1.82, 2.24) is 14.9 Å². The summed E-state index contributed by atoms with van der Waals surface area (Å²) in [6, 6.07) is 7.21. The van der Waals surface area contributed by atoms with E-state index in [1.165, 1.54) is 29.7 Å². The number of methoxy groups -OCH3 is 2. The third kappa shape index (κ3) is 2.53. The predicted octanol–water partition coefficient (Wildman–Crippen LogP) is 3.06. The van der Waals surface area contributed by atoms with E-state index in [0.717, 1.165) is 30.3 Å². The van der Waals surface area contributed by atoms with Gasteiger partial charge < -0.3 is 9.47 Å². The van der Waals surface area contributed by atoms with E-state index in [1.54, 1.807) is 14.2 Å². The van der Waals surface area contributed by atoms with E-state index >= 15 is 0 Å². The molecule has 0 aliphatic carbocycles. The largest absolute Gasteiger partial charge is 0.493 e. The summed E-state index contributed by atoms with van der Waals surface area (Å²) >= 11 is 0. The number of rotatable bonds is 4. The van der Waals surface area contributed by atoms with Crippen molar-refractivity contribution in [2.24, 2.45) is 0 Å². The molecule has 0 N–H and O–H groups in total. The van der Waals surface area contributed by atoms with Gasteiger partial charge in [0, 0.05) is 36.8 Å². The van der Waals surface area contributed by atoms with Crippen molar-refractivity contribution in [3.63, 3.8) is 0 Å². The second-order valence-corrected chi connectivity index (χ2v) is 6.63. The van der Waals surface area contributed by atoms with Crippen molar-refractivity contribution < 1.29 is 9.47 Å². The summed E-state index contributed by atoms with van der Waals surface area (Å²) < 4.78 is 10.8. The van der Waals surface area contributed by atoms with Crippen LogP contribution >= 0.6 is 0 Å². The van der Waals surface area contributed by atoms with Gasteiger partial charge in [-0.25, -0.2) is 9.97 Å². The minimum atomic E-state index is 0.437. The van der Waals surface area contributed by atoms with Crippen LogP contribution in [0.2, 0.25) is 0 Å². The van der Waals surface area contributed by atoms with Crippen LogP contribution in [0.1, 0.15) is 41.5 Å². The lowest BCUT2D eigenvalue weighted by molar-refractivity contribution is 0.166. The summed E-state index contributed by atoms with van der Waals surface area (Å²) in [5.41, 5.74) is 3.81. The van der Waals surface area contributed by atoms with Gasteiger partial charge in [0.2, 0.25) is 0 Å². The normalized spacial score (nSPS) is 22.3. The summed E-state index contributed by atoms with van der Waals surface area (Å²) in [5.74, 6) is 2.44. The Morgan fingerprint density at radius 1 is 1.17 bits per heavy atom. The molecular formula is C19H23N3O2. The monoisotopic (exact) mass is 325 g/mol. The van der Waals surface area contributed by atoms with Crippen molar-refractivity contribution in [3.05, 3.63) is 47.0 Å². The van der Waals surface area contributed by atoms with Crippen LogP contribution in [0, 0.1) is 6.92 Å². The van der Waals surface area contributed by atoms with Gasteiger partial charge in [0.05, 0.1) is 19.9 Å². The molecule has 2 aromatic rings. The lowest BCUT2D eigenvalue weighted by Gasteiger charge is -2.35. The molecule has 2 bridgehead atoms. The Balaban J connectivity index is 1.61. The summed E-state index contributed by atoms with van der Waals surface area (Å²) in [4.78, 5) is 11.7. The molecule has 126 valence electrons. The molecule has 5 nitrogen and oxygen atoms in total. The fourth-order valence-corrected chi connectivity index (χ4v) is 4.11. The van der Waals surface area contributed by atoms with Crippen molar-refractivity contribution in [2.45, 2.75) is 44.8 Å². The molecule has 3 heterocycles. The van der Waals surface area contributed by atoms with Crippen LogP contribution < -0.4 is 9.47 Å². The van der Waals surface area contributed by atoms with Crippen molar-refractivity contribution in [3.8, 4) is 11.5 Å². The first kappa shape index (κ1) is 15.4. The van der Waals surface area contributed by atoms with Gasteiger partial charge in [0.25, 0.3) is 0 Å². The Kier molecular flexibility index (Phi) is 3.88. The van der Waals surface area contributed by atoms with E-state index in [9.17, 15) is 0 Å². The lowest BCUT2D eigenvalue weighted by Crippen LogP contribution is -2.37. The zero-order chi connectivity index (χ0) is 16.7. The van der Waals surface area contributed by atoms with Gasteiger partial charge in [0.15, 0.2) is 11.5 Å². The Hall–Kier alpha value is -2.14. The second-order valence-electron chi connectivity index (χ2n) is 6.63. The van der Waals surface area contributed by atoms with Gasteiger partial charge in [-0.15, -0.1) is 0 Å². The van der Waals surface area contributed by atoms with Gasteiger partial charge in [0.1, 0.15) is 5.82 Å². The average molecular weight is 325 g/mol. The summed E-state index contributed by atoms with van der Waals surface area (Å²) in [5, 5.41) is 0. The number of ether oxygens (including phenoxy) is 2. The van der Waals surface area contributed by atoms with Crippen LogP contribution in [0.25, 0.3) is 0 Å². The topological polar surface area (TPSA) is 47.5 Å². The Labute approximate surface area is 142 Å². The van der Waals surface area contributed by atoms with Gasteiger partial charge in [-0.05, 0) is 37.5 Å². The fraction of sp³-hybridized carbons (Fsp3) is 0.474. The number of benzene rings is 1. The van der Waals surface area contributed by atoms with Crippen LogP contribution in [0.4, 0.5) is 0 Å². The maximum absolute atomic E-state index is 5.44. The molecule has 2 aliphatic rings. The maximum atomic E-state index is 5.44. The van der Waals surface area contributed by atoms with E-state index in [1.807, 2.05) is 19.2 Å². The number of hydrogen-bond acceptors (Lipinski definition) is 5. The minimum Gasteiger partial charge on any atom is -0.493 e. The average Bonchev–Trinajstić information content (AvgIpc) is 2.87. The highest BCUT2D eigenvalue weighted by atomic mass is 16.5. The quantitative estimate of drug-likeness (QED) is 0.864. The van der Waals surface area contributed by atoms with Crippen molar-refractivity contribution in [1.29, 1.82) is 0 Å². The van der Waals surface area contributed by atoms with Crippen LogP contribution in [0.3, 0.4) is 0 Å².